The number of carboxylic acid groups (broad SMARTS) is 1. The highest BCUT2D eigenvalue weighted by Crippen LogP contribution is 2.09. The van der Waals surface area contributed by atoms with Crippen LogP contribution in [0.25, 0.3) is 0 Å². The number of amides is 1. The predicted octanol–water partition coefficient (Wildman–Crippen LogP) is 0.905. The van der Waals surface area contributed by atoms with Crippen LogP contribution in [0.1, 0.15) is 17.3 Å². The minimum atomic E-state index is -1.98. The Hall–Kier alpha value is -1.59. The maximum absolute atomic E-state index is 11.6. The molecule has 0 fully saturated rings. The van der Waals surface area contributed by atoms with Crippen molar-refractivity contribution in [1.29, 1.82) is 0 Å². The molecule has 92 valence electrons. The lowest BCUT2D eigenvalue weighted by molar-refractivity contribution is -0.155. The SMILES string of the molecule is CC(O)(CNC(=O)c1ccc(Cl)cc1)C(=O)O. The van der Waals surface area contributed by atoms with Gasteiger partial charge in [0.25, 0.3) is 5.91 Å². The first-order valence-corrected chi connectivity index (χ1v) is 5.20. The average molecular weight is 258 g/mol. The maximum Gasteiger partial charge on any atom is 0.337 e. The zero-order valence-corrected chi connectivity index (χ0v) is 9.86. The Bertz CT molecular complexity index is 428. The Morgan fingerprint density at radius 2 is 1.88 bits per heavy atom. The molecule has 3 N–H and O–H groups in total. The normalized spacial score (nSPS) is 13.8. The van der Waals surface area contributed by atoms with E-state index in [-0.39, 0.29) is 6.54 Å². The summed E-state index contributed by atoms with van der Waals surface area (Å²) < 4.78 is 0. The summed E-state index contributed by atoms with van der Waals surface area (Å²) in [5.74, 6) is -1.86. The second-order valence-corrected chi connectivity index (χ2v) is 4.21. The molecule has 0 bridgehead atoms. The van der Waals surface area contributed by atoms with Crippen molar-refractivity contribution in [1.82, 2.24) is 5.32 Å². The van der Waals surface area contributed by atoms with E-state index in [9.17, 15) is 14.7 Å². The lowest BCUT2D eigenvalue weighted by Gasteiger charge is -2.18. The molecule has 0 saturated heterocycles. The molecule has 0 spiro atoms. The molecule has 0 aliphatic rings. The number of benzene rings is 1. The van der Waals surface area contributed by atoms with E-state index in [1.54, 1.807) is 12.1 Å². The fourth-order valence-electron chi connectivity index (χ4n) is 1.03. The topological polar surface area (TPSA) is 86.6 Å². The Morgan fingerprint density at radius 3 is 2.35 bits per heavy atom. The number of hydrogen-bond donors (Lipinski definition) is 3. The first-order chi connectivity index (χ1) is 7.83. The van der Waals surface area contributed by atoms with Crippen LogP contribution in [0, 0.1) is 0 Å². The van der Waals surface area contributed by atoms with Gasteiger partial charge in [0.15, 0.2) is 5.60 Å². The van der Waals surface area contributed by atoms with E-state index in [4.69, 9.17) is 16.7 Å². The van der Waals surface area contributed by atoms with E-state index >= 15 is 0 Å². The highest BCUT2D eigenvalue weighted by atomic mass is 35.5. The summed E-state index contributed by atoms with van der Waals surface area (Å²) in [5.41, 5.74) is -1.64. The third-order valence-corrected chi connectivity index (χ3v) is 2.41. The summed E-state index contributed by atoms with van der Waals surface area (Å²) in [6, 6.07) is 6.11. The molecule has 0 radical (unpaired) electrons. The fraction of sp³-hybridized carbons (Fsp3) is 0.273. The monoisotopic (exact) mass is 257 g/mol. The van der Waals surface area contributed by atoms with E-state index in [1.807, 2.05) is 0 Å². The van der Waals surface area contributed by atoms with Crippen LogP contribution in [0.15, 0.2) is 24.3 Å². The van der Waals surface area contributed by atoms with Gasteiger partial charge in [0.05, 0.1) is 6.54 Å². The third kappa shape index (κ3) is 3.72. The molecular formula is C11H12ClNO4. The molecule has 5 nitrogen and oxygen atoms in total. The van der Waals surface area contributed by atoms with E-state index < -0.39 is 17.5 Å². The minimum absolute atomic E-state index is 0.343. The Kier molecular flexibility index (Phi) is 4.09. The van der Waals surface area contributed by atoms with Crippen LogP contribution in [0.4, 0.5) is 0 Å². The molecule has 1 atom stereocenters. The highest BCUT2D eigenvalue weighted by Gasteiger charge is 2.30. The molecule has 0 saturated carbocycles. The molecule has 1 unspecified atom stereocenters. The zero-order chi connectivity index (χ0) is 13.1. The van der Waals surface area contributed by atoms with Crippen molar-refractivity contribution in [3.8, 4) is 0 Å². The van der Waals surface area contributed by atoms with Crippen LogP contribution in [-0.2, 0) is 4.79 Å². The molecule has 0 aromatic heterocycles. The number of carbonyl (C=O) groups is 2. The molecule has 0 aliphatic heterocycles. The first kappa shape index (κ1) is 13.5. The minimum Gasteiger partial charge on any atom is -0.479 e. The predicted molar refractivity (Wildman–Crippen MR) is 62.0 cm³/mol. The summed E-state index contributed by atoms with van der Waals surface area (Å²) in [5, 5.41) is 20.9. The van der Waals surface area contributed by atoms with Gasteiger partial charge in [-0.25, -0.2) is 4.79 Å². The molecule has 0 heterocycles. The number of carboxylic acids is 1. The van der Waals surface area contributed by atoms with Gasteiger partial charge in [0.1, 0.15) is 0 Å². The summed E-state index contributed by atoms with van der Waals surface area (Å²) in [7, 11) is 0. The van der Waals surface area contributed by atoms with Gasteiger partial charge in [0, 0.05) is 10.6 Å². The van der Waals surface area contributed by atoms with Crippen LogP contribution in [0.2, 0.25) is 5.02 Å². The van der Waals surface area contributed by atoms with Crippen molar-refractivity contribution in [2.24, 2.45) is 0 Å². The second-order valence-electron chi connectivity index (χ2n) is 3.77. The molecule has 6 heteroatoms. The van der Waals surface area contributed by atoms with Crippen LogP contribution < -0.4 is 5.32 Å². The summed E-state index contributed by atoms with van der Waals surface area (Å²) in [6.07, 6.45) is 0. The standard InChI is InChI=1S/C11H12ClNO4/c1-11(17,10(15)16)6-13-9(14)7-2-4-8(12)5-3-7/h2-5,17H,6H2,1H3,(H,13,14)(H,15,16). The largest absolute Gasteiger partial charge is 0.479 e. The van der Waals surface area contributed by atoms with E-state index in [1.165, 1.54) is 12.1 Å². The summed E-state index contributed by atoms with van der Waals surface area (Å²) >= 11 is 5.66. The van der Waals surface area contributed by atoms with Gasteiger partial charge in [-0.15, -0.1) is 0 Å². The quantitative estimate of drug-likeness (QED) is 0.748. The van der Waals surface area contributed by atoms with Gasteiger partial charge in [-0.3, -0.25) is 4.79 Å². The van der Waals surface area contributed by atoms with Crippen molar-refractivity contribution in [3.05, 3.63) is 34.9 Å². The summed E-state index contributed by atoms with van der Waals surface area (Å²) in [6.45, 7) is 0.737. The van der Waals surface area contributed by atoms with Gasteiger partial charge in [-0.05, 0) is 31.2 Å². The lowest BCUT2D eigenvalue weighted by Crippen LogP contribution is -2.46. The van der Waals surface area contributed by atoms with Crippen LogP contribution in [0.3, 0.4) is 0 Å². The number of nitrogens with one attached hydrogen (secondary N) is 1. The number of carbonyl (C=O) groups excluding carboxylic acids is 1. The molecule has 1 rings (SSSR count). The van der Waals surface area contributed by atoms with Crippen LogP contribution in [0.5, 0.6) is 0 Å². The van der Waals surface area contributed by atoms with Gasteiger partial charge in [0.2, 0.25) is 0 Å². The lowest BCUT2D eigenvalue weighted by atomic mass is 10.1. The number of rotatable bonds is 4. The van der Waals surface area contributed by atoms with Crippen molar-refractivity contribution in [2.75, 3.05) is 6.54 Å². The highest BCUT2D eigenvalue weighted by molar-refractivity contribution is 6.30. The molecule has 1 amide bonds. The number of halogens is 1. The zero-order valence-electron chi connectivity index (χ0n) is 9.11. The van der Waals surface area contributed by atoms with Crippen molar-refractivity contribution in [3.63, 3.8) is 0 Å². The van der Waals surface area contributed by atoms with Gasteiger partial charge < -0.3 is 15.5 Å². The molecule has 1 aromatic rings. The molecule has 1 aromatic carbocycles. The van der Waals surface area contributed by atoms with Crippen LogP contribution in [-0.4, -0.2) is 34.2 Å². The molecule has 0 aliphatic carbocycles. The van der Waals surface area contributed by atoms with E-state index in [0.717, 1.165) is 6.92 Å². The first-order valence-electron chi connectivity index (χ1n) is 4.82. The fourth-order valence-corrected chi connectivity index (χ4v) is 1.16. The van der Waals surface area contributed by atoms with Crippen molar-refractivity contribution >= 4 is 23.5 Å². The molecular weight excluding hydrogens is 246 g/mol. The summed E-state index contributed by atoms with van der Waals surface area (Å²) in [4.78, 5) is 22.2. The van der Waals surface area contributed by atoms with Gasteiger partial charge in [-0.1, -0.05) is 11.6 Å². The van der Waals surface area contributed by atoms with Gasteiger partial charge >= 0.3 is 5.97 Å². The number of aliphatic carboxylic acids is 1. The third-order valence-electron chi connectivity index (χ3n) is 2.16. The Morgan fingerprint density at radius 1 is 1.35 bits per heavy atom. The van der Waals surface area contributed by atoms with E-state index in [2.05, 4.69) is 5.32 Å². The van der Waals surface area contributed by atoms with Gasteiger partial charge in [-0.2, -0.15) is 0 Å². The second kappa shape index (κ2) is 5.16. The Balaban J connectivity index is 2.62. The van der Waals surface area contributed by atoms with Crippen LogP contribution >= 0.6 is 11.6 Å². The average Bonchev–Trinajstić information content (AvgIpc) is 2.27. The Labute approximate surface area is 103 Å². The van der Waals surface area contributed by atoms with Crippen molar-refractivity contribution < 1.29 is 19.8 Å². The maximum atomic E-state index is 11.6. The number of aliphatic hydroxyl groups is 1. The van der Waals surface area contributed by atoms with Crippen molar-refractivity contribution in [2.45, 2.75) is 12.5 Å². The number of hydrogen-bond acceptors (Lipinski definition) is 3. The molecule has 17 heavy (non-hydrogen) atoms. The van der Waals surface area contributed by atoms with E-state index in [0.29, 0.717) is 10.6 Å². The smallest absolute Gasteiger partial charge is 0.337 e.